The number of hydrogen-bond acceptors (Lipinski definition) is 10. The Kier molecular flexibility index (Phi) is 34.6. The van der Waals surface area contributed by atoms with Gasteiger partial charge in [-0.15, -0.1) is 0 Å². The van der Waals surface area contributed by atoms with Crippen molar-refractivity contribution in [3.05, 3.63) is 0 Å². The average Bonchev–Trinajstić information content (AvgIpc) is 2.87. The number of ether oxygens (including phenoxy) is 1. The van der Waals surface area contributed by atoms with E-state index in [2.05, 4.69) is 79.9 Å². The van der Waals surface area contributed by atoms with E-state index in [1.54, 1.807) is 0 Å². The molecule has 12 N–H and O–H groups in total. The molecule has 1 unspecified atom stereocenters. The number of unbranched alkanes of at least 4 members (excludes halogenated alkanes) is 1. The number of rotatable bonds is 14. The molecule has 0 radical (unpaired) electrons. The summed E-state index contributed by atoms with van der Waals surface area (Å²) in [5.41, 5.74) is 27.1. The maximum absolute atomic E-state index is 11.2. The van der Waals surface area contributed by atoms with E-state index in [4.69, 9.17) is 33.4 Å². The second kappa shape index (κ2) is 29.2. The molecule has 0 aromatic heterocycles. The van der Waals surface area contributed by atoms with E-state index >= 15 is 0 Å². The zero-order chi connectivity index (χ0) is 39.5. The highest BCUT2D eigenvalue weighted by molar-refractivity contribution is 7.88. The molecule has 0 aliphatic heterocycles. The first-order valence-corrected chi connectivity index (χ1v) is 19.8. The molecule has 12 heteroatoms. The van der Waals surface area contributed by atoms with Crippen molar-refractivity contribution < 1.29 is 13.2 Å². The van der Waals surface area contributed by atoms with Gasteiger partial charge in [-0.05, 0) is 153 Å². The summed E-state index contributed by atoms with van der Waals surface area (Å²) in [4.78, 5) is 0. The van der Waals surface area contributed by atoms with Crippen LogP contribution in [0.25, 0.3) is 0 Å². The van der Waals surface area contributed by atoms with E-state index in [9.17, 15) is 8.42 Å². The van der Waals surface area contributed by atoms with Crippen molar-refractivity contribution in [2.45, 2.75) is 159 Å². The molecule has 0 saturated heterocycles. The van der Waals surface area contributed by atoms with Gasteiger partial charge in [0.1, 0.15) is 0 Å². The molecule has 0 heterocycles. The van der Waals surface area contributed by atoms with Crippen LogP contribution >= 0.6 is 0 Å². The van der Waals surface area contributed by atoms with Gasteiger partial charge in [0.2, 0.25) is 10.0 Å². The number of nitrogens with two attached hydrogens (primary N) is 5. The minimum absolute atomic E-state index is 0.0284. The molecule has 1 atom stereocenters. The standard InChI is InChI=1S/C8H20N2.C8H19N.C7H18N2O2S.C7H18N2.C6H15NO/c1-8(2,3)10-7-5-4-6-9;1-7(5-6-9)8(2,3)4;1-7(2,3)9(6-5-8)12(4,10)11;1-7(2,3)9-6-4-5-8;1-6(2,3)8-5-4-7/h10H,4-7,9H2,1-3H3;7H,5-6,9H2,1-4H3;5-6,8H2,1-4H3;9H,4-6,8H2,1-3H3;4-5,7H2,1-3H3. The van der Waals surface area contributed by atoms with Crippen LogP contribution in [0.2, 0.25) is 0 Å². The summed E-state index contributed by atoms with van der Waals surface area (Å²) in [6.07, 6.45) is 5.73. The largest absolute Gasteiger partial charge is 0.375 e. The van der Waals surface area contributed by atoms with Crippen LogP contribution in [0.5, 0.6) is 0 Å². The minimum atomic E-state index is -3.13. The van der Waals surface area contributed by atoms with E-state index in [0.29, 0.717) is 31.7 Å². The van der Waals surface area contributed by atoms with Gasteiger partial charge in [0.25, 0.3) is 0 Å². The van der Waals surface area contributed by atoms with Crippen LogP contribution in [0.1, 0.15) is 136 Å². The molecule has 0 saturated carbocycles. The van der Waals surface area contributed by atoms with Crippen LogP contribution in [0.4, 0.5) is 0 Å². The van der Waals surface area contributed by atoms with E-state index < -0.39 is 10.0 Å². The molecule has 0 spiro atoms. The Hall–Kier alpha value is -0.410. The highest BCUT2D eigenvalue weighted by Crippen LogP contribution is 2.27. The highest BCUT2D eigenvalue weighted by atomic mass is 32.2. The Morgan fingerprint density at radius 2 is 1.04 bits per heavy atom. The van der Waals surface area contributed by atoms with Crippen molar-refractivity contribution in [2.75, 3.05) is 65.2 Å². The Bertz CT molecular complexity index is 793. The predicted octanol–water partition coefficient (Wildman–Crippen LogP) is 4.62. The van der Waals surface area contributed by atoms with Crippen LogP contribution in [-0.2, 0) is 14.8 Å². The monoisotopic (exact) mass is 715 g/mol. The summed E-state index contributed by atoms with van der Waals surface area (Å²) < 4.78 is 29.1. The van der Waals surface area contributed by atoms with Gasteiger partial charge < -0.3 is 44.0 Å². The van der Waals surface area contributed by atoms with Crippen molar-refractivity contribution in [1.82, 2.24) is 14.9 Å². The molecule has 0 fully saturated rings. The fraction of sp³-hybridized carbons (Fsp3) is 1.00. The number of nitrogens with zero attached hydrogens (tertiary/aromatic N) is 1. The van der Waals surface area contributed by atoms with Crippen molar-refractivity contribution in [3.63, 3.8) is 0 Å². The third kappa shape index (κ3) is 52.4. The van der Waals surface area contributed by atoms with Crippen molar-refractivity contribution in [1.29, 1.82) is 0 Å². The summed E-state index contributed by atoms with van der Waals surface area (Å²) in [5.74, 6) is 0.738. The molecule has 0 amide bonds. The molecule has 0 aliphatic carbocycles. The Morgan fingerprint density at radius 1 is 0.625 bits per heavy atom. The lowest BCUT2D eigenvalue weighted by atomic mass is 9.80. The Labute approximate surface area is 301 Å². The lowest BCUT2D eigenvalue weighted by Gasteiger charge is -2.32. The van der Waals surface area contributed by atoms with Gasteiger partial charge in [-0.25, -0.2) is 8.42 Å². The van der Waals surface area contributed by atoms with Crippen molar-refractivity contribution >= 4 is 10.0 Å². The summed E-state index contributed by atoms with van der Waals surface area (Å²) in [6, 6.07) is 0. The quantitative estimate of drug-likeness (QED) is 0.125. The van der Waals surface area contributed by atoms with Crippen LogP contribution in [0.15, 0.2) is 0 Å². The SMILES string of the molecule is CC(C)(C)N(CCN)S(C)(=O)=O.CC(C)(C)NCCCCN.CC(C)(C)NCCCN.CC(C)(C)OCCN.CC(CCN)C(C)(C)C. The third-order valence-electron chi connectivity index (χ3n) is 6.53. The van der Waals surface area contributed by atoms with E-state index in [0.717, 1.165) is 57.9 Å². The highest BCUT2D eigenvalue weighted by Gasteiger charge is 2.28. The second-order valence-electron chi connectivity index (χ2n) is 17.4. The Balaban J connectivity index is -0.000000162. The lowest BCUT2D eigenvalue weighted by molar-refractivity contribution is 0.00195. The summed E-state index contributed by atoms with van der Waals surface area (Å²) in [6.45, 7) is 40.1. The topological polar surface area (TPSA) is 201 Å². The fourth-order valence-electron chi connectivity index (χ4n) is 3.46. The van der Waals surface area contributed by atoms with Gasteiger partial charge in [-0.3, -0.25) is 0 Å². The lowest BCUT2D eigenvalue weighted by Crippen LogP contribution is -2.47. The molecular weight excluding hydrogens is 625 g/mol. The second-order valence-corrected chi connectivity index (χ2v) is 19.3. The van der Waals surface area contributed by atoms with Crippen molar-refractivity contribution in [2.24, 2.45) is 40.0 Å². The van der Waals surface area contributed by atoms with Gasteiger partial charge in [-0.1, -0.05) is 27.7 Å². The van der Waals surface area contributed by atoms with E-state index in [1.807, 2.05) is 41.5 Å². The average molecular weight is 715 g/mol. The van der Waals surface area contributed by atoms with Crippen LogP contribution in [0, 0.1) is 11.3 Å². The molecule has 0 aromatic rings. The zero-order valence-electron chi connectivity index (χ0n) is 35.2. The molecule has 0 aliphatic rings. The van der Waals surface area contributed by atoms with Crippen LogP contribution < -0.4 is 39.3 Å². The summed E-state index contributed by atoms with van der Waals surface area (Å²) in [5, 5.41) is 6.74. The molecular formula is C36H90N8O3S. The number of hydrogen-bond donors (Lipinski definition) is 7. The van der Waals surface area contributed by atoms with Crippen LogP contribution in [-0.4, -0.2) is 100 Å². The first kappa shape index (κ1) is 56.9. The van der Waals surface area contributed by atoms with Gasteiger partial charge in [-0.2, -0.15) is 4.31 Å². The molecule has 48 heavy (non-hydrogen) atoms. The maximum Gasteiger partial charge on any atom is 0.211 e. The van der Waals surface area contributed by atoms with Crippen LogP contribution in [0.3, 0.4) is 0 Å². The smallest absolute Gasteiger partial charge is 0.211 e. The van der Waals surface area contributed by atoms with Gasteiger partial charge in [0.15, 0.2) is 0 Å². The number of sulfonamides is 1. The minimum Gasteiger partial charge on any atom is -0.375 e. The Morgan fingerprint density at radius 3 is 1.23 bits per heavy atom. The third-order valence-corrected chi connectivity index (χ3v) is 8.07. The van der Waals surface area contributed by atoms with Gasteiger partial charge >= 0.3 is 0 Å². The molecule has 0 rings (SSSR count). The first-order valence-electron chi connectivity index (χ1n) is 18.0. The zero-order valence-corrected chi connectivity index (χ0v) is 36.1. The predicted molar refractivity (Wildman–Crippen MR) is 215 cm³/mol. The molecule has 0 aromatic carbocycles. The summed E-state index contributed by atoms with van der Waals surface area (Å²) >= 11 is 0. The van der Waals surface area contributed by atoms with E-state index in [-0.39, 0.29) is 22.2 Å². The summed E-state index contributed by atoms with van der Waals surface area (Å²) in [7, 11) is -3.13. The molecule has 0 bridgehead atoms. The maximum atomic E-state index is 11.2. The molecule has 298 valence electrons. The van der Waals surface area contributed by atoms with Crippen molar-refractivity contribution in [3.8, 4) is 0 Å². The van der Waals surface area contributed by atoms with Gasteiger partial charge in [0.05, 0.1) is 18.5 Å². The first-order chi connectivity index (χ1) is 21.4. The fourth-order valence-corrected chi connectivity index (χ4v) is 4.89. The van der Waals surface area contributed by atoms with E-state index in [1.165, 1.54) is 17.0 Å². The number of nitrogens with one attached hydrogen (secondary N) is 2. The molecule has 11 nitrogen and oxygen atoms in total. The normalized spacial score (nSPS) is 13.1. The van der Waals surface area contributed by atoms with Gasteiger partial charge in [0, 0.05) is 36.3 Å².